The largest absolute Gasteiger partial charge is 0.444 e. The van der Waals surface area contributed by atoms with E-state index < -0.39 is 23.8 Å². The molecule has 2 aromatic rings. The molecule has 2 unspecified atom stereocenters. The average Bonchev–Trinajstić information content (AvgIpc) is 2.89. The highest BCUT2D eigenvalue weighted by Crippen LogP contribution is 2.28. The van der Waals surface area contributed by atoms with Gasteiger partial charge in [-0.3, -0.25) is 9.59 Å². The Morgan fingerprint density at radius 1 is 0.881 bits per heavy atom. The molecule has 42 heavy (non-hydrogen) atoms. The van der Waals surface area contributed by atoms with E-state index in [1.165, 1.54) is 6.42 Å². The van der Waals surface area contributed by atoms with Gasteiger partial charge in [0, 0.05) is 19.0 Å². The number of aryl methyl sites for hydroxylation is 2. The summed E-state index contributed by atoms with van der Waals surface area (Å²) in [5, 5.41) is 5.90. The fourth-order valence-electron chi connectivity index (χ4n) is 5.08. The van der Waals surface area contributed by atoms with E-state index >= 15 is 0 Å². The summed E-state index contributed by atoms with van der Waals surface area (Å²) in [6, 6.07) is 13.7. The van der Waals surface area contributed by atoms with Gasteiger partial charge in [0.25, 0.3) is 0 Å². The second kappa shape index (κ2) is 16.9. The highest BCUT2D eigenvalue weighted by Gasteiger charge is 2.37. The van der Waals surface area contributed by atoms with Crippen molar-refractivity contribution < 1.29 is 19.1 Å². The first-order valence-corrected chi connectivity index (χ1v) is 15.5. The van der Waals surface area contributed by atoms with Crippen molar-refractivity contribution in [2.45, 2.75) is 124 Å². The summed E-state index contributed by atoms with van der Waals surface area (Å²) in [7, 11) is 0. The molecule has 0 fully saturated rings. The smallest absolute Gasteiger partial charge is 0.408 e. The molecule has 2 rings (SSSR count). The van der Waals surface area contributed by atoms with Gasteiger partial charge in [0.1, 0.15) is 17.7 Å². The zero-order chi connectivity index (χ0) is 31.3. The molecule has 0 saturated heterocycles. The van der Waals surface area contributed by atoms with Crippen LogP contribution in [0.1, 0.15) is 108 Å². The Morgan fingerprint density at radius 3 is 2.12 bits per heavy atom. The van der Waals surface area contributed by atoms with E-state index in [1.807, 2.05) is 76.2 Å². The quantitative estimate of drug-likeness (QED) is 0.219. The summed E-state index contributed by atoms with van der Waals surface area (Å²) in [6.45, 7) is 15.8. The molecule has 0 aliphatic heterocycles. The minimum atomic E-state index is -0.914. The van der Waals surface area contributed by atoms with E-state index in [0.29, 0.717) is 6.54 Å². The number of hydrogen-bond acceptors (Lipinski definition) is 4. The summed E-state index contributed by atoms with van der Waals surface area (Å²) in [4.78, 5) is 43.1. The van der Waals surface area contributed by atoms with Gasteiger partial charge in [-0.1, -0.05) is 93.1 Å². The van der Waals surface area contributed by atoms with E-state index in [9.17, 15) is 14.4 Å². The Bertz CT molecular complexity index is 1140. The number of carbonyl (C=O) groups is 3. The molecule has 0 aliphatic rings. The fourth-order valence-corrected chi connectivity index (χ4v) is 5.08. The van der Waals surface area contributed by atoms with E-state index in [2.05, 4.69) is 17.6 Å². The summed E-state index contributed by atoms with van der Waals surface area (Å²) in [5.41, 5.74) is 3.00. The molecule has 0 radical (unpaired) electrons. The maximum absolute atomic E-state index is 14.6. The van der Waals surface area contributed by atoms with Gasteiger partial charge < -0.3 is 20.3 Å². The van der Waals surface area contributed by atoms with Gasteiger partial charge in [-0.25, -0.2) is 4.79 Å². The molecule has 7 heteroatoms. The lowest BCUT2D eigenvalue weighted by Crippen LogP contribution is -2.54. The van der Waals surface area contributed by atoms with Crippen molar-refractivity contribution >= 4 is 17.9 Å². The molecule has 0 heterocycles. The Morgan fingerprint density at radius 2 is 1.52 bits per heavy atom. The molecular weight excluding hydrogens is 526 g/mol. The van der Waals surface area contributed by atoms with Crippen LogP contribution in [0.3, 0.4) is 0 Å². The third kappa shape index (κ3) is 11.9. The van der Waals surface area contributed by atoms with Gasteiger partial charge in [0.15, 0.2) is 0 Å². The van der Waals surface area contributed by atoms with Crippen LogP contribution in [0, 0.1) is 13.8 Å². The molecule has 0 spiro atoms. The number of nitrogens with one attached hydrogen (secondary N) is 2. The predicted octanol–water partition coefficient (Wildman–Crippen LogP) is 7.19. The van der Waals surface area contributed by atoms with E-state index in [0.717, 1.165) is 54.4 Å². The molecule has 3 amide bonds. The van der Waals surface area contributed by atoms with E-state index in [1.54, 1.807) is 25.7 Å². The lowest BCUT2D eigenvalue weighted by molar-refractivity contribution is -0.142. The summed E-state index contributed by atoms with van der Waals surface area (Å²) in [6.07, 6.45) is 5.90. The molecule has 0 saturated carbocycles. The topological polar surface area (TPSA) is 87.7 Å². The molecule has 2 N–H and O–H groups in total. The summed E-state index contributed by atoms with van der Waals surface area (Å²) >= 11 is 0. The average molecular weight is 580 g/mol. The lowest BCUT2D eigenvalue weighted by Gasteiger charge is -2.35. The molecule has 0 bridgehead atoms. The Balaban J connectivity index is 2.55. The minimum Gasteiger partial charge on any atom is -0.444 e. The predicted molar refractivity (Wildman–Crippen MR) is 170 cm³/mol. The van der Waals surface area contributed by atoms with Crippen LogP contribution < -0.4 is 10.6 Å². The van der Waals surface area contributed by atoms with Crippen molar-refractivity contribution in [1.82, 2.24) is 15.5 Å². The normalized spacial score (nSPS) is 12.9. The second-order valence-electron chi connectivity index (χ2n) is 12.6. The van der Waals surface area contributed by atoms with E-state index in [-0.39, 0.29) is 24.3 Å². The molecular formula is C35H53N3O4. The summed E-state index contributed by atoms with van der Waals surface area (Å²) < 4.78 is 5.55. The number of unbranched alkanes of at least 4 members (excludes halogenated alkanes) is 5. The number of ether oxygens (including phenoxy) is 1. The zero-order valence-corrected chi connectivity index (χ0v) is 27.1. The van der Waals surface area contributed by atoms with Gasteiger partial charge in [-0.05, 0) is 71.6 Å². The highest BCUT2D eigenvalue weighted by atomic mass is 16.6. The van der Waals surface area contributed by atoms with Crippen LogP contribution in [-0.2, 0) is 20.7 Å². The van der Waals surface area contributed by atoms with Crippen molar-refractivity contribution in [3.05, 3.63) is 70.8 Å². The first kappa shape index (κ1) is 34.8. The molecule has 2 aromatic carbocycles. The first-order valence-electron chi connectivity index (χ1n) is 15.5. The number of rotatable bonds is 15. The highest BCUT2D eigenvalue weighted by molar-refractivity contribution is 5.92. The maximum Gasteiger partial charge on any atom is 0.408 e. The van der Waals surface area contributed by atoms with Crippen molar-refractivity contribution in [1.29, 1.82) is 0 Å². The fraction of sp³-hybridized carbons (Fsp3) is 0.571. The van der Waals surface area contributed by atoms with Crippen LogP contribution in [0.15, 0.2) is 48.5 Å². The van der Waals surface area contributed by atoms with Crippen LogP contribution in [0.4, 0.5) is 4.79 Å². The first-order chi connectivity index (χ1) is 19.8. The van der Waals surface area contributed by atoms with Crippen LogP contribution in [0.25, 0.3) is 0 Å². The van der Waals surface area contributed by atoms with Crippen LogP contribution in [-0.4, -0.2) is 47.0 Å². The Kier molecular flexibility index (Phi) is 14.1. The van der Waals surface area contributed by atoms with Gasteiger partial charge in [0.2, 0.25) is 11.8 Å². The Labute approximate surface area is 253 Å². The van der Waals surface area contributed by atoms with E-state index in [4.69, 9.17) is 4.74 Å². The van der Waals surface area contributed by atoms with Crippen LogP contribution in [0.2, 0.25) is 0 Å². The third-order valence-corrected chi connectivity index (χ3v) is 7.02. The number of hydrogen-bond donors (Lipinski definition) is 2. The summed E-state index contributed by atoms with van der Waals surface area (Å²) in [5.74, 6) is -0.533. The van der Waals surface area contributed by atoms with Gasteiger partial charge in [0.05, 0.1) is 0 Å². The standard InChI is InChI=1S/C35H53N3O4/c1-9-10-11-12-13-17-22-38(31(32(39)36-25(2)3)29-21-20-26(4)23-27(29)5)33(40)30(24-28-18-15-14-16-19-28)37-34(41)42-35(6,7)8/h14-16,18-21,23,25,30-31H,9-13,17,22,24H2,1-8H3,(H,36,39)(H,37,41). The van der Waals surface area contributed by atoms with Gasteiger partial charge >= 0.3 is 6.09 Å². The SMILES string of the molecule is CCCCCCCCN(C(=O)C(Cc1ccccc1)NC(=O)OC(C)(C)C)C(C(=O)NC(C)C)c1ccc(C)cc1C. The lowest BCUT2D eigenvalue weighted by atomic mass is 9.95. The van der Waals surface area contributed by atoms with Crippen molar-refractivity contribution in [2.75, 3.05) is 6.54 Å². The molecule has 0 aromatic heterocycles. The number of benzene rings is 2. The maximum atomic E-state index is 14.6. The van der Waals surface area contributed by atoms with Gasteiger partial charge in [-0.15, -0.1) is 0 Å². The number of amides is 3. The zero-order valence-electron chi connectivity index (χ0n) is 27.1. The molecule has 0 aliphatic carbocycles. The van der Waals surface area contributed by atoms with Crippen molar-refractivity contribution in [3.63, 3.8) is 0 Å². The number of carbonyl (C=O) groups excluding carboxylic acids is 3. The number of nitrogens with zero attached hydrogens (tertiary/aromatic N) is 1. The van der Waals surface area contributed by atoms with Crippen molar-refractivity contribution in [2.24, 2.45) is 0 Å². The second-order valence-corrected chi connectivity index (χ2v) is 12.6. The van der Waals surface area contributed by atoms with Gasteiger partial charge in [-0.2, -0.15) is 0 Å². The Hall–Kier alpha value is -3.35. The monoisotopic (exact) mass is 579 g/mol. The minimum absolute atomic E-state index is 0.100. The molecule has 7 nitrogen and oxygen atoms in total. The van der Waals surface area contributed by atoms with Crippen molar-refractivity contribution in [3.8, 4) is 0 Å². The van der Waals surface area contributed by atoms with Crippen LogP contribution in [0.5, 0.6) is 0 Å². The third-order valence-electron chi connectivity index (χ3n) is 7.02. The number of alkyl carbamates (subject to hydrolysis) is 1. The molecule has 232 valence electrons. The van der Waals surface area contributed by atoms with Crippen LogP contribution >= 0.6 is 0 Å². The molecule has 2 atom stereocenters.